The lowest BCUT2D eigenvalue weighted by Gasteiger charge is -2.32. The van der Waals surface area contributed by atoms with Crippen LogP contribution in [0.15, 0.2) is 0 Å². The molecule has 5 unspecified atom stereocenters. The second-order valence-corrected chi connectivity index (χ2v) is 7.53. The molecule has 0 aromatic rings. The maximum Gasteiger partial charge on any atom is 0.422 e. The molecule has 5 atom stereocenters. The molecule has 0 aromatic carbocycles. The van der Waals surface area contributed by atoms with Crippen molar-refractivity contribution in [2.45, 2.75) is 64.5 Å². The Kier molecular flexibility index (Phi) is 3.24. The molecule has 2 bridgehead atoms. The van der Waals surface area contributed by atoms with E-state index in [1.54, 1.807) is 0 Å². The van der Waals surface area contributed by atoms with Crippen molar-refractivity contribution in [2.75, 3.05) is 0 Å². The number of hydrogen-bond donors (Lipinski definition) is 2. The number of ether oxygens (including phenoxy) is 1. The number of amides is 1. The van der Waals surface area contributed by atoms with Gasteiger partial charge in [-0.25, -0.2) is 10.2 Å². The summed E-state index contributed by atoms with van der Waals surface area (Å²) < 4.78 is 5.25. The number of hydrogen-bond acceptors (Lipinski definition) is 3. The van der Waals surface area contributed by atoms with Crippen LogP contribution in [0.2, 0.25) is 0 Å². The van der Waals surface area contributed by atoms with E-state index >= 15 is 0 Å². The highest BCUT2D eigenvalue weighted by atomic mass is 16.6. The van der Waals surface area contributed by atoms with E-state index in [9.17, 15) is 4.79 Å². The molecule has 0 radical (unpaired) electrons. The summed E-state index contributed by atoms with van der Waals surface area (Å²) in [4.78, 5) is 11.7. The van der Waals surface area contributed by atoms with Crippen molar-refractivity contribution < 1.29 is 9.53 Å². The van der Waals surface area contributed by atoms with Gasteiger partial charge in [0.2, 0.25) is 0 Å². The largest absolute Gasteiger partial charge is 0.443 e. The van der Waals surface area contributed by atoms with Gasteiger partial charge in [-0.1, -0.05) is 6.42 Å². The zero-order valence-electron chi connectivity index (χ0n) is 12.2. The molecule has 3 fully saturated rings. The quantitative estimate of drug-likeness (QED) is 0.756. The molecular weight excluding hydrogens is 240 g/mol. The highest BCUT2D eigenvalue weighted by molar-refractivity contribution is 5.67. The normalized spacial score (nSPS) is 40.3. The van der Waals surface area contributed by atoms with Crippen molar-refractivity contribution in [3.8, 4) is 0 Å². The van der Waals surface area contributed by atoms with Crippen LogP contribution in [0.3, 0.4) is 0 Å². The van der Waals surface area contributed by atoms with E-state index in [1.807, 2.05) is 20.8 Å². The zero-order valence-corrected chi connectivity index (χ0v) is 12.2. The Balaban J connectivity index is 1.49. The van der Waals surface area contributed by atoms with Gasteiger partial charge in [-0.2, -0.15) is 0 Å². The molecule has 0 heterocycles. The van der Waals surface area contributed by atoms with Gasteiger partial charge in [-0.3, -0.25) is 5.43 Å². The van der Waals surface area contributed by atoms with Crippen LogP contribution in [-0.4, -0.2) is 17.7 Å². The van der Waals surface area contributed by atoms with Gasteiger partial charge in [-0.05, 0) is 70.1 Å². The van der Waals surface area contributed by atoms with Crippen LogP contribution < -0.4 is 10.9 Å². The van der Waals surface area contributed by atoms with E-state index in [1.165, 1.54) is 32.1 Å². The summed E-state index contributed by atoms with van der Waals surface area (Å²) in [5.74, 6) is 3.57. The monoisotopic (exact) mass is 266 g/mol. The fraction of sp³-hybridized carbons (Fsp3) is 0.933. The van der Waals surface area contributed by atoms with Gasteiger partial charge in [0.25, 0.3) is 0 Å². The third-order valence-corrected chi connectivity index (χ3v) is 5.19. The van der Waals surface area contributed by atoms with Crippen LogP contribution in [0.4, 0.5) is 4.79 Å². The van der Waals surface area contributed by atoms with Gasteiger partial charge in [0, 0.05) is 6.04 Å². The Labute approximate surface area is 115 Å². The van der Waals surface area contributed by atoms with E-state index in [-0.39, 0.29) is 6.09 Å². The van der Waals surface area contributed by atoms with Gasteiger partial charge < -0.3 is 4.74 Å². The van der Waals surface area contributed by atoms with Crippen LogP contribution in [0.5, 0.6) is 0 Å². The van der Waals surface area contributed by atoms with Gasteiger partial charge >= 0.3 is 6.09 Å². The maximum atomic E-state index is 11.7. The minimum Gasteiger partial charge on any atom is -0.443 e. The van der Waals surface area contributed by atoms with Crippen LogP contribution in [0.25, 0.3) is 0 Å². The molecule has 2 N–H and O–H groups in total. The molecule has 4 nitrogen and oxygen atoms in total. The zero-order chi connectivity index (χ0) is 13.6. The van der Waals surface area contributed by atoms with Crippen LogP contribution in [0.1, 0.15) is 52.9 Å². The number of hydrazine groups is 1. The Morgan fingerprint density at radius 3 is 2.58 bits per heavy atom. The number of carbonyl (C=O) groups excluding carboxylic acids is 1. The number of nitrogens with one attached hydrogen (secondary N) is 2. The molecule has 3 saturated carbocycles. The molecule has 1 amide bonds. The first-order valence-corrected chi connectivity index (χ1v) is 7.68. The second kappa shape index (κ2) is 4.65. The molecule has 0 spiro atoms. The average Bonchev–Trinajstić information content (AvgIpc) is 2.95. The van der Waals surface area contributed by atoms with Crippen molar-refractivity contribution in [3.05, 3.63) is 0 Å². The maximum absolute atomic E-state index is 11.7. The van der Waals surface area contributed by atoms with Crippen molar-refractivity contribution in [2.24, 2.45) is 23.7 Å². The smallest absolute Gasteiger partial charge is 0.422 e. The van der Waals surface area contributed by atoms with Gasteiger partial charge in [0.1, 0.15) is 5.60 Å². The predicted octanol–water partition coefficient (Wildman–Crippen LogP) is 2.84. The third-order valence-electron chi connectivity index (χ3n) is 5.19. The standard InChI is InChI=1S/C15H26N2O2/c1-15(2,3)19-14(18)17-16-13-8-9-7-12(13)11-6-4-5-10(9)11/h9-13,16H,4-8H2,1-3H3,(H,17,18). The molecule has 0 aromatic heterocycles. The van der Waals surface area contributed by atoms with Gasteiger partial charge in [0.15, 0.2) is 0 Å². The average molecular weight is 266 g/mol. The summed E-state index contributed by atoms with van der Waals surface area (Å²) in [6.07, 6.45) is 6.48. The SMILES string of the molecule is CC(C)(C)OC(=O)NNC1CC2CC1C1CCCC21. The van der Waals surface area contributed by atoms with Crippen LogP contribution in [0, 0.1) is 23.7 Å². The molecule has 0 saturated heterocycles. The van der Waals surface area contributed by atoms with Crippen molar-refractivity contribution in [1.29, 1.82) is 0 Å². The topological polar surface area (TPSA) is 50.4 Å². The summed E-state index contributed by atoms with van der Waals surface area (Å²) in [6.45, 7) is 5.65. The van der Waals surface area contributed by atoms with Gasteiger partial charge in [0.05, 0.1) is 0 Å². The summed E-state index contributed by atoms with van der Waals surface area (Å²) in [7, 11) is 0. The van der Waals surface area contributed by atoms with E-state index in [0.717, 1.165) is 23.7 Å². The number of carbonyl (C=O) groups is 1. The third kappa shape index (κ3) is 2.60. The predicted molar refractivity (Wildman–Crippen MR) is 73.3 cm³/mol. The lowest BCUT2D eigenvalue weighted by atomic mass is 9.79. The minimum atomic E-state index is -0.434. The molecule has 3 aliphatic rings. The number of rotatable bonds is 2. The lowest BCUT2D eigenvalue weighted by Crippen LogP contribution is -2.50. The van der Waals surface area contributed by atoms with Crippen LogP contribution >= 0.6 is 0 Å². The molecule has 19 heavy (non-hydrogen) atoms. The first kappa shape index (κ1) is 13.2. The summed E-state index contributed by atoms with van der Waals surface area (Å²) >= 11 is 0. The Morgan fingerprint density at radius 1 is 1.11 bits per heavy atom. The van der Waals surface area contributed by atoms with Crippen LogP contribution in [-0.2, 0) is 4.74 Å². The Hall–Kier alpha value is -0.770. The summed E-state index contributed by atoms with van der Waals surface area (Å²) in [5.41, 5.74) is 5.52. The Bertz CT molecular complexity index is 364. The number of fused-ring (bicyclic) bond motifs is 5. The molecular formula is C15H26N2O2. The van der Waals surface area contributed by atoms with Crippen molar-refractivity contribution in [1.82, 2.24) is 10.9 Å². The summed E-state index contributed by atoms with van der Waals surface area (Å²) in [5, 5.41) is 0. The molecule has 3 aliphatic carbocycles. The summed E-state index contributed by atoms with van der Waals surface area (Å²) in [6, 6.07) is 0.455. The molecule has 3 rings (SSSR count). The van der Waals surface area contributed by atoms with Crippen molar-refractivity contribution >= 4 is 6.09 Å². The first-order valence-electron chi connectivity index (χ1n) is 7.68. The van der Waals surface area contributed by atoms with Crippen molar-refractivity contribution in [3.63, 3.8) is 0 Å². The fourth-order valence-electron chi connectivity index (χ4n) is 4.69. The van der Waals surface area contributed by atoms with E-state index in [2.05, 4.69) is 10.9 Å². The lowest BCUT2D eigenvalue weighted by molar-refractivity contribution is 0.0469. The fourth-order valence-corrected chi connectivity index (χ4v) is 4.69. The second-order valence-electron chi connectivity index (χ2n) is 7.53. The van der Waals surface area contributed by atoms with E-state index in [0.29, 0.717) is 6.04 Å². The van der Waals surface area contributed by atoms with Gasteiger partial charge in [-0.15, -0.1) is 0 Å². The minimum absolute atomic E-state index is 0.363. The van der Waals surface area contributed by atoms with E-state index in [4.69, 9.17) is 4.74 Å². The molecule has 0 aliphatic heterocycles. The van der Waals surface area contributed by atoms with E-state index < -0.39 is 5.60 Å². The molecule has 108 valence electrons. The highest BCUT2D eigenvalue weighted by Crippen LogP contribution is 2.58. The Morgan fingerprint density at radius 2 is 1.84 bits per heavy atom. The molecule has 4 heteroatoms. The highest BCUT2D eigenvalue weighted by Gasteiger charge is 2.53. The first-order chi connectivity index (χ1) is 8.94.